The van der Waals surface area contributed by atoms with Crippen LogP contribution in [0.5, 0.6) is 0 Å². The molecule has 2 aromatic carbocycles. The number of aliphatic hydroxyl groups is 2. The monoisotopic (exact) mass is 1060 g/mol. The van der Waals surface area contributed by atoms with Crippen LogP contribution in [0.25, 0.3) is 22.3 Å². The third-order valence-corrected chi connectivity index (χ3v) is 14.5. The van der Waals surface area contributed by atoms with Crippen molar-refractivity contribution < 1.29 is 57.0 Å². The second-order valence-electron chi connectivity index (χ2n) is 19.4. The lowest BCUT2D eigenvalue weighted by Gasteiger charge is -2.34. The van der Waals surface area contributed by atoms with E-state index in [0.29, 0.717) is 47.1 Å². The second-order valence-corrected chi connectivity index (χ2v) is 24.9. The summed E-state index contributed by atoms with van der Waals surface area (Å²) in [4.78, 5) is 44.8. The molecule has 4 aromatic heterocycles. The Kier molecular flexibility index (Phi) is 16.1. The van der Waals surface area contributed by atoms with Gasteiger partial charge in [-0.1, -0.05) is 60.7 Å². The number of imidazole rings is 2. The molecule has 0 amide bonds. The zero-order chi connectivity index (χ0) is 50.9. The first kappa shape index (κ1) is 53.3. The van der Waals surface area contributed by atoms with Gasteiger partial charge in [0.25, 0.3) is 0 Å². The van der Waals surface area contributed by atoms with Gasteiger partial charge in [0, 0.05) is 13.1 Å². The van der Waals surface area contributed by atoms with Crippen molar-refractivity contribution in [2.24, 2.45) is 0 Å². The molecule has 6 N–H and O–H groups in total. The molecule has 0 spiro atoms. The van der Waals surface area contributed by atoms with Gasteiger partial charge in [-0.3, -0.25) is 9.13 Å². The predicted octanol–water partition coefficient (Wildman–Crippen LogP) is 6.01. The van der Waals surface area contributed by atoms with Gasteiger partial charge in [-0.2, -0.15) is 0 Å². The molecule has 22 nitrogen and oxygen atoms in total. The van der Waals surface area contributed by atoms with Crippen molar-refractivity contribution in [2.45, 2.75) is 135 Å². The van der Waals surface area contributed by atoms with Gasteiger partial charge in [-0.15, -0.1) is 0 Å². The Balaban J connectivity index is 0.000000200. The van der Waals surface area contributed by atoms with Crippen LogP contribution in [0.2, 0.25) is 0 Å². The summed E-state index contributed by atoms with van der Waals surface area (Å²) in [5.74, 6) is 0.333. The lowest BCUT2D eigenvalue weighted by molar-refractivity contribution is -0.199. The number of anilines is 2. The highest BCUT2D eigenvalue weighted by atomic mass is 32.5. The number of rotatable bonds is 16. The van der Waals surface area contributed by atoms with Crippen molar-refractivity contribution in [1.29, 1.82) is 0 Å². The maximum Gasteiger partial charge on any atom is 0.328 e. The summed E-state index contributed by atoms with van der Waals surface area (Å²) < 4.78 is 51.5. The fourth-order valence-corrected chi connectivity index (χ4v) is 12.0. The average Bonchev–Trinajstić information content (AvgIpc) is 4.11. The largest absolute Gasteiger partial charge is 0.387 e. The number of hydrogen-bond acceptors (Lipinski definition) is 20. The van der Waals surface area contributed by atoms with Gasteiger partial charge in [0.15, 0.2) is 52.2 Å². The highest BCUT2D eigenvalue weighted by Crippen LogP contribution is 2.57. The summed E-state index contributed by atoms with van der Waals surface area (Å²) in [6.45, 7) is 9.13. The summed E-state index contributed by atoms with van der Waals surface area (Å²) in [7, 11) is 0. The second kappa shape index (κ2) is 21.4. The normalized spacial score (nSPS) is 24.5. The van der Waals surface area contributed by atoms with E-state index >= 15 is 0 Å². The molecular formula is C45H60N10O12P2S2. The SMILES string of the molecule is CC(C)(C)OP(=S)(OC[C@H]1O[C@@H](n2cnc3c(NCc4ccccc4)ncnc32)C2OC(C)(C)O[C@H]21)OC(C)(C)C.OC1[C@@H](O)[C@@H](COP(O)(O)=S)O[C@H]1n1cnc2c(NCc3ccccc3)ncnc21. The van der Waals surface area contributed by atoms with Crippen LogP contribution in [-0.2, 0) is 73.7 Å². The van der Waals surface area contributed by atoms with Gasteiger partial charge in [-0.05, 0) is 90.1 Å². The minimum atomic E-state index is -3.91. The lowest BCUT2D eigenvalue weighted by atomic mass is 10.1. The maximum absolute atomic E-state index is 10.4. The molecule has 3 fully saturated rings. The molecule has 3 aliphatic heterocycles. The molecule has 384 valence electrons. The Hall–Kier alpha value is -4.04. The molecule has 7 heterocycles. The van der Waals surface area contributed by atoms with Crippen molar-refractivity contribution in [2.75, 3.05) is 23.8 Å². The predicted molar refractivity (Wildman–Crippen MR) is 268 cm³/mol. The zero-order valence-electron chi connectivity index (χ0n) is 40.4. The molecule has 71 heavy (non-hydrogen) atoms. The van der Waals surface area contributed by atoms with Crippen LogP contribution in [0, 0.1) is 0 Å². The molecule has 0 radical (unpaired) electrons. The fourth-order valence-electron chi connectivity index (χ4n) is 8.09. The summed E-state index contributed by atoms with van der Waals surface area (Å²) in [5, 5.41) is 27.3. The zero-order valence-corrected chi connectivity index (χ0v) is 43.8. The van der Waals surface area contributed by atoms with E-state index < -0.39 is 79.5 Å². The molecule has 8 atom stereocenters. The van der Waals surface area contributed by atoms with Crippen LogP contribution in [0.15, 0.2) is 86.0 Å². The maximum atomic E-state index is 10.4. The van der Waals surface area contributed by atoms with Crippen LogP contribution in [0.1, 0.15) is 79.0 Å². The van der Waals surface area contributed by atoms with E-state index in [1.807, 2.05) is 108 Å². The highest BCUT2D eigenvalue weighted by molar-refractivity contribution is 8.07. The van der Waals surface area contributed by atoms with Crippen LogP contribution >= 0.6 is 13.4 Å². The van der Waals surface area contributed by atoms with E-state index in [-0.39, 0.29) is 13.2 Å². The van der Waals surface area contributed by atoms with E-state index in [9.17, 15) is 20.0 Å². The molecule has 0 aliphatic carbocycles. The van der Waals surface area contributed by atoms with Crippen LogP contribution in [0.3, 0.4) is 0 Å². The van der Waals surface area contributed by atoms with Gasteiger partial charge < -0.3 is 67.7 Å². The van der Waals surface area contributed by atoms with E-state index in [0.717, 1.165) is 11.1 Å². The topological polar surface area (TPSA) is 266 Å². The first-order chi connectivity index (χ1) is 33.4. The third kappa shape index (κ3) is 13.4. The number of nitrogens with zero attached hydrogens (tertiary/aromatic N) is 8. The first-order valence-electron chi connectivity index (χ1n) is 22.7. The number of aliphatic hydroxyl groups excluding tert-OH is 2. The number of benzene rings is 2. The Morgan fingerprint density at radius 3 is 1.59 bits per heavy atom. The van der Waals surface area contributed by atoms with Crippen molar-refractivity contribution in [3.63, 3.8) is 0 Å². The molecule has 6 aromatic rings. The molecular weight excluding hydrogens is 999 g/mol. The molecule has 9 rings (SSSR count). The number of hydrogen-bond donors (Lipinski definition) is 6. The molecule has 0 saturated carbocycles. The van der Waals surface area contributed by atoms with Gasteiger partial charge in [-0.25, -0.2) is 29.9 Å². The Labute approximate surface area is 420 Å². The number of ether oxygens (including phenoxy) is 4. The van der Waals surface area contributed by atoms with Crippen LogP contribution < -0.4 is 10.6 Å². The first-order valence-corrected chi connectivity index (χ1v) is 27.9. The van der Waals surface area contributed by atoms with Crippen LogP contribution in [-0.4, -0.2) is 126 Å². The fraction of sp³-hybridized carbons (Fsp3) is 0.511. The highest BCUT2D eigenvalue weighted by Gasteiger charge is 2.57. The quantitative estimate of drug-likeness (QED) is 0.0606. The van der Waals surface area contributed by atoms with Gasteiger partial charge in [0.1, 0.15) is 49.3 Å². The average molecular weight is 1060 g/mol. The van der Waals surface area contributed by atoms with E-state index in [1.54, 1.807) is 6.33 Å². The summed E-state index contributed by atoms with van der Waals surface area (Å²) in [6.07, 6.45) is -0.587. The van der Waals surface area contributed by atoms with E-state index in [2.05, 4.69) is 64.5 Å². The molecule has 2 unspecified atom stereocenters. The third-order valence-electron chi connectivity index (χ3n) is 10.9. The smallest absolute Gasteiger partial charge is 0.328 e. The Morgan fingerprint density at radius 2 is 1.10 bits per heavy atom. The molecule has 26 heteroatoms. The van der Waals surface area contributed by atoms with Crippen molar-refractivity contribution in [3.05, 3.63) is 97.1 Å². The van der Waals surface area contributed by atoms with Crippen molar-refractivity contribution in [1.82, 2.24) is 39.0 Å². The minimum absolute atomic E-state index is 0.103. The molecule has 3 aliphatic rings. The van der Waals surface area contributed by atoms with Gasteiger partial charge in [0.05, 0.1) is 37.1 Å². The van der Waals surface area contributed by atoms with Gasteiger partial charge in [0.2, 0.25) is 0 Å². The van der Waals surface area contributed by atoms with Crippen molar-refractivity contribution >= 4 is 71.0 Å². The minimum Gasteiger partial charge on any atom is -0.387 e. The van der Waals surface area contributed by atoms with E-state index in [4.69, 9.17) is 48.8 Å². The number of fused-ring (bicyclic) bond motifs is 3. The molecule has 3 saturated heterocycles. The number of aromatic nitrogens is 8. The van der Waals surface area contributed by atoms with Crippen LogP contribution in [0.4, 0.5) is 11.6 Å². The Bertz CT molecular complexity index is 2830. The Morgan fingerprint density at radius 1 is 0.634 bits per heavy atom. The van der Waals surface area contributed by atoms with Gasteiger partial charge >= 0.3 is 13.4 Å². The summed E-state index contributed by atoms with van der Waals surface area (Å²) in [5.41, 5.74) is 3.21. The summed E-state index contributed by atoms with van der Waals surface area (Å²) in [6, 6.07) is 19.9. The number of nitrogens with one attached hydrogen (secondary N) is 2. The standard InChI is InChI=1S/C28H40N5O6PS.C17H20N5O6PS/c1-26(2,3)38-40(41,39-27(4,5)6)34-15-19-21-22(37-28(7,8)36-21)25(35-19)33-17-32-20-23(30-16-31-24(20)33)29-14-18-12-10-9-11-13-18;23-13-11(7-27-29(25,26)30)28-17(14(13)24)22-9-21-12-15(19-8-20-16(12)22)18-6-10-4-2-1-3-5-10/h9-13,16-17,19,21-22,25H,14-15H2,1-8H3,(H,29,30,31);1-5,8-9,11,13-14,17,23-24H,6-7H2,(H,18,19,20)(H2,25,26,30)/t19-,21+,22?,25-;11-,13+,14?,17-/m11/s1. The molecule has 0 bridgehead atoms. The lowest BCUT2D eigenvalue weighted by Crippen LogP contribution is -2.33. The van der Waals surface area contributed by atoms with E-state index in [1.165, 1.54) is 23.5 Å². The van der Waals surface area contributed by atoms with Crippen molar-refractivity contribution in [3.8, 4) is 0 Å². The summed E-state index contributed by atoms with van der Waals surface area (Å²) >= 11 is 10.2.